The number of nitrogens with two attached hydrogens (primary N) is 1. The minimum atomic E-state index is -3.58. The third kappa shape index (κ3) is 3.06. The van der Waals surface area contributed by atoms with E-state index in [1.165, 1.54) is 22.8 Å². The first-order valence-electron chi connectivity index (χ1n) is 6.25. The van der Waals surface area contributed by atoms with Crippen molar-refractivity contribution in [1.29, 1.82) is 0 Å². The SMILES string of the molecule is CCN(Cc1ccco1)S(=O)(=O)c1ccc(CN)nc1. The van der Waals surface area contributed by atoms with Gasteiger partial charge in [-0.1, -0.05) is 6.92 Å². The maximum Gasteiger partial charge on any atom is 0.245 e. The Morgan fingerprint density at radius 3 is 2.65 bits per heavy atom. The average Bonchev–Trinajstić information content (AvgIpc) is 2.97. The van der Waals surface area contributed by atoms with Crippen molar-refractivity contribution in [2.45, 2.75) is 24.9 Å². The first kappa shape index (κ1) is 14.7. The largest absolute Gasteiger partial charge is 0.468 e. The minimum absolute atomic E-state index is 0.156. The molecule has 0 unspecified atom stereocenters. The molecule has 0 radical (unpaired) electrons. The summed E-state index contributed by atoms with van der Waals surface area (Å²) in [5.41, 5.74) is 6.10. The molecule has 108 valence electrons. The molecule has 2 heterocycles. The summed E-state index contributed by atoms with van der Waals surface area (Å²) in [6, 6.07) is 6.62. The highest BCUT2D eigenvalue weighted by Crippen LogP contribution is 2.17. The Labute approximate surface area is 118 Å². The van der Waals surface area contributed by atoms with Crippen LogP contribution in [-0.2, 0) is 23.1 Å². The second-order valence-corrected chi connectivity index (χ2v) is 6.14. The van der Waals surface area contributed by atoms with Gasteiger partial charge >= 0.3 is 0 Å². The predicted octanol–water partition coefficient (Wildman–Crippen LogP) is 1.34. The lowest BCUT2D eigenvalue weighted by Crippen LogP contribution is -2.30. The van der Waals surface area contributed by atoms with Crippen LogP contribution in [0.15, 0.2) is 46.0 Å². The predicted molar refractivity (Wildman–Crippen MR) is 74.1 cm³/mol. The lowest BCUT2D eigenvalue weighted by atomic mass is 10.4. The van der Waals surface area contributed by atoms with E-state index < -0.39 is 10.0 Å². The van der Waals surface area contributed by atoms with Crippen LogP contribution in [0.1, 0.15) is 18.4 Å². The molecule has 0 saturated carbocycles. The van der Waals surface area contributed by atoms with Gasteiger partial charge in [-0.15, -0.1) is 0 Å². The summed E-state index contributed by atoms with van der Waals surface area (Å²) >= 11 is 0. The van der Waals surface area contributed by atoms with Gasteiger partial charge in [0.25, 0.3) is 0 Å². The molecule has 20 heavy (non-hydrogen) atoms. The highest BCUT2D eigenvalue weighted by Gasteiger charge is 2.24. The van der Waals surface area contributed by atoms with E-state index in [1.807, 2.05) is 0 Å². The summed E-state index contributed by atoms with van der Waals surface area (Å²) in [4.78, 5) is 4.18. The van der Waals surface area contributed by atoms with E-state index in [2.05, 4.69) is 4.98 Å². The Bertz CT molecular complexity index is 636. The van der Waals surface area contributed by atoms with Crippen molar-refractivity contribution in [3.05, 3.63) is 48.2 Å². The van der Waals surface area contributed by atoms with E-state index in [0.717, 1.165) is 0 Å². The normalized spacial score (nSPS) is 11.9. The zero-order valence-corrected chi connectivity index (χ0v) is 12.0. The molecule has 0 aliphatic rings. The lowest BCUT2D eigenvalue weighted by molar-refractivity contribution is 0.375. The van der Waals surface area contributed by atoms with Gasteiger partial charge in [-0.3, -0.25) is 4.98 Å². The fraction of sp³-hybridized carbons (Fsp3) is 0.308. The second-order valence-electron chi connectivity index (χ2n) is 4.20. The number of nitrogens with zero attached hydrogens (tertiary/aromatic N) is 2. The number of hydrogen-bond acceptors (Lipinski definition) is 5. The molecule has 2 aromatic rings. The molecular weight excluding hydrogens is 278 g/mol. The molecule has 0 aliphatic heterocycles. The average molecular weight is 295 g/mol. The summed E-state index contributed by atoms with van der Waals surface area (Å²) < 4.78 is 31.5. The van der Waals surface area contributed by atoms with Crippen molar-refractivity contribution in [2.24, 2.45) is 5.73 Å². The number of furan rings is 1. The van der Waals surface area contributed by atoms with Gasteiger partial charge in [0, 0.05) is 19.3 Å². The van der Waals surface area contributed by atoms with Gasteiger partial charge in [-0.05, 0) is 24.3 Å². The van der Waals surface area contributed by atoms with Crippen LogP contribution in [0, 0.1) is 0 Å². The second kappa shape index (κ2) is 6.17. The molecule has 6 nitrogen and oxygen atoms in total. The molecule has 2 N–H and O–H groups in total. The van der Waals surface area contributed by atoms with E-state index in [-0.39, 0.29) is 18.0 Å². The van der Waals surface area contributed by atoms with Crippen LogP contribution >= 0.6 is 0 Å². The Hall–Kier alpha value is -1.70. The lowest BCUT2D eigenvalue weighted by Gasteiger charge is -2.19. The molecule has 0 spiro atoms. The van der Waals surface area contributed by atoms with Crippen molar-refractivity contribution in [3.8, 4) is 0 Å². The van der Waals surface area contributed by atoms with Gasteiger partial charge < -0.3 is 10.2 Å². The third-order valence-corrected chi connectivity index (χ3v) is 4.81. The number of hydrogen-bond donors (Lipinski definition) is 1. The smallest absolute Gasteiger partial charge is 0.245 e. The van der Waals surface area contributed by atoms with Crippen molar-refractivity contribution < 1.29 is 12.8 Å². The minimum Gasteiger partial charge on any atom is -0.468 e. The monoisotopic (exact) mass is 295 g/mol. The van der Waals surface area contributed by atoms with E-state index in [9.17, 15) is 8.42 Å². The molecule has 0 aromatic carbocycles. The Morgan fingerprint density at radius 2 is 2.15 bits per heavy atom. The van der Waals surface area contributed by atoms with Crippen LogP contribution in [-0.4, -0.2) is 24.3 Å². The van der Waals surface area contributed by atoms with Crippen molar-refractivity contribution in [2.75, 3.05) is 6.54 Å². The van der Waals surface area contributed by atoms with Gasteiger partial charge in [0.05, 0.1) is 18.5 Å². The van der Waals surface area contributed by atoms with Crippen LogP contribution in [0.5, 0.6) is 0 Å². The number of rotatable bonds is 6. The summed E-state index contributed by atoms with van der Waals surface area (Å²) in [6.07, 6.45) is 2.86. The maximum atomic E-state index is 12.5. The number of pyridine rings is 1. The summed E-state index contributed by atoms with van der Waals surface area (Å²) in [6.45, 7) is 2.61. The Balaban J connectivity index is 2.26. The van der Waals surface area contributed by atoms with Gasteiger partial charge in [0.15, 0.2) is 0 Å². The zero-order chi connectivity index (χ0) is 14.6. The summed E-state index contributed by atoms with van der Waals surface area (Å²) in [5.74, 6) is 0.599. The highest BCUT2D eigenvalue weighted by atomic mass is 32.2. The third-order valence-electron chi connectivity index (χ3n) is 2.91. The van der Waals surface area contributed by atoms with E-state index in [1.54, 1.807) is 25.1 Å². The number of aromatic nitrogens is 1. The van der Waals surface area contributed by atoms with Crippen molar-refractivity contribution in [3.63, 3.8) is 0 Å². The zero-order valence-electron chi connectivity index (χ0n) is 11.2. The van der Waals surface area contributed by atoms with Crippen molar-refractivity contribution in [1.82, 2.24) is 9.29 Å². The van der Waals surface area contributed by atoms with Gasteiger partial charge in [-0.25, -0.2) is 8.42 Å². The van der Waals surface area contributed by atoms with E-state index >= 15 is 0 Å². The van der Waals surface area contributed by atoms with Gasteiger partial charge in [0.1, 0.15) is 10.7 Å². The number of sulfonamides is 1. The summed E-state index contributed by atoms with van der Waals surface area (Å²) in [7, 11) is -3.58. The molecular formula is C13H17N3O3S. The van der Waals surface area contributed by atoms with Crippen LogP contribution in [0.4, 0.5) is 0 Å². The molecule has 0 amide bonds. The van der Waals surface area contributed by atoms with Crippen LogP contribution < -0.4 is 5.73 Å². The molecule has 2 aromatic heterocycles. The fourth-order valence-electron chi connectivity index (χ4n) is 1.78. The standard InChI is InChI=1S/C13H17N3O3S/c1-2-16(10-12-4-3-7-19-12)20(17,18)13-6-5-11(8-14)15-9-13/h3-7,9H,2,8,10,14H2,1H3. The molecule has 0 bridgehead atoms. The molecule has 2 rings (SSSR count). The maximum absolute atomic E-state index is 12.5. The molecule has 0 aliphatic carbocycles. The summed E-state index contributed by atoms with van der Waals surface area (Å²) in [5, 5.41) is 0. The Morgan fingerprint density at radius 1 is 1.35 bits per heavy atom. The topological polar surface area (TPSA) is 89.4 Å². The molecule has 0 atom stereocenters. The van der Waals surface area contributed by atoms with Crippen LogP contribution in [0.3, 0.4) is 0 Å². The molecule has 0 saturated heterocycles. The Kier molecular flexibility index (Phi) is 4.53. The van der Waals surface area contributed by atoms with Gasteiger partial charge in [0.2, 0.25) is 10.0 Å². The molecule has 0 fully saturated rings. The van der Waals surface area contributed by atoms with E-state index in [4.69, 9.17) is 10.2 Å². The first-order valence-corrected chi connectivity index (χ1v) is 7.69. The van der Waals surface area contributed by atoms with E-state index in [0.29, 0.717) is 18.0 Å². The molecule has 7 heteroatoms. The quantitative estimate of drug-likeness (QED) is 0.868. The van der Waals surface area contributed by atoms with Crippen LogP contribution in [0.25, 0.3) is 0 Å². The van der Waals surface area contributed by atoms with Gasteiger partial charge in [-0.2, -0.15) is 4.31 Å². The highest BCUT2D eigenvalue weighted by molar-refractivity contribution is 7.89. The fourth-order valence-corrected chi connectivity index (χ4v) is 3.14. The van der Waals surface area contributed by atoms with Crippen molar-refractivity contribution >= 4 is 10.0 Å². The van der Waals surface area contributed by atoms with Crippen LogP contribution in [0.2, 0.25) is 0 Å². The first-order chi connectivity index (χ1) is 9.57.